The highest BCUT2D eigenvalue weighted by Gasteiger charge is 2.35. The predicted molar refractivity (Wildman–Crippen MR) is 84.3 cm³/mol. The van der Waals surface area contributed by atoms with Gasteiger partial charge in [0.15, 0.2) is 5.78 Å². The molecule has 2 nitrogen and oxygen atoms in total. The lowest BCUT2D eigenvalue weighted by molar-refractivity contribution is 0.0936. The van der Waals surface area contributed by atoms with Crippen molar-refractivity contribution in [2.45, 2.75) is 47.0 Å². The molecule has 0 spiro atoms. The SMILES string of the molecule is CCC1(CC)CCN(CC(=O)c2ccc(C)cc2C)C1. The third-order valence-corrected chi connectivity index (χ3v) is 5.07. The number of Topliss-reactive ketones (excluding diaryl/α,β-unsaturated/α-hetero) is 1. The summed E-state index contributed by atoms with van der Waals surface area (Å²) in [6.45, 7) is 11.4. The number of likely N-dealkylation sites (tertiary alicyclic amines) is 1. The van der Waals surface area contributed by atoms with Crippen LogP contribution in [-0.2, 0) is 0 Å². The summed E-state index contributed by atoms with van der Waals surface area (Å²) in [5, 5.41) is 0. The maximum absolute atomic E-state index is 12.5. The van der Waals surface area contributed by atoms with Crippen LogP contribution in [0.15, 0.2) is 18.2 Å². The molecule has 0 N–H and O–H groups in total. The molecule has 1 aromatic rings. The number of ketones is 1. The van der Waals surface area contributed by atoms with Crippen molar-refractivity contribution >= 4 is 5.78 Å². The molecule has 1 saturated heterocycles. The molecule has 1 fully saturated rings. The largest absolute Gasteiger partial charge is 0.295 e. The molecule has 2 heteroatoms. The van der Waals surface area contributed by atoms with E-state index in [1.54, 1.807) is 0 Å². The van der Waals surface area contributed by atoms with Gasteiger partial charge in [-0.1, -0.05) is 37.6 Å². The van der Waals surface area contributed by atoms with Gasteiger partial charge in [0, 0.05) is 12.1 Å². The minimum Gasteiger partial charge on any atom is -0.295 e. The van der Waals surface area contributed by atoms with Crippen molar-refractivity contribution in [3.05, 3.63) is 34.9 Å². The Morgan fingerprint density at radius 1 is 1.25 bits per heavy atom. The lowest BCUT2D eigenvalue weighted by Gasteiger charge is -2.26. The number of rotatable bonds is 5. The quantitative estimate of drug-likeness (QED) is 0.756. The number of hydrogen-bond acceptors (Lipinski definition) is 2. The van der Waals surface area contributed by atoms with Gasteiger partial charge in [0.05, 0.1) is 6.54 Å². The van der Waals surface area contributed by atoms with Gasteiger partial charge in [0.2, 0.25) is 0 Å². The summed E-state index contributed by atoms with van der Waals surface area (Å²) in [5.41, 5.74) is 3.66. The molecule has 0 amide bonds. The third-order valence-electron chi connectivity index (χ3n) is 5.07. The monoisotopic (exact) mass is 273 g/mol. The molecule has 0 bridgehead atoms. The van der Waals surface area contributed by atoms with Crippen LogP contribution in [0.25, 0.3) is 0 Å². The van der Waals surface area contributed by atoms with E-state index in [0.717, 1.165) is 24.2 Å². The minimum absolute atomic E-state index is 0.269. The topological polar surface area (TPSA) is 20.3 Å². The van der Waals surface area contributed by atoms with E-state index in [2.05, 4.69) is 31.7 Å². The van der Waals surface area contributed by atoms with E-state index in [-0.39, 0.29) is 5.78 Å². The van der Waals surface area contributed by atoms with E-state index >= 15 is 0 Å². The second-order valence-electron chi connectivity index (χ2n) is 6.41. The lowest BCUT2D eigenvalue weighted by atomic mass is 9.82. The van der Waals surface area contributed by atoms with Crippen molar-refractivity contribution in [1.29, 1.82) is 0 Å². The number of aryl methyl sites for hydroxylation is 2. The van der Waals surface area contributed by atoms with E-state index in [9.17, 15) is 4.79 Å². The summed E-state index contributed by atoms with van der Waals surface area (Å²) in [6, 6.07) is 6.11. The molecule has 1 aliphatic rings. The Bertz CT molecular complexity index is 488. The third kappa shape index (κ3) is 3.12. The van der Waals surface area contributed by atoms with Crippen molar-refractivity contribution in [3.63, 3.8) is 0 Å². The zero-order chi connectivity index (χ0) is 14.8. The first-order valence-electron chi connectivity index (χ1n) is 7.82. The summed E-state index contributed by atoms with van der Waals surface area (Å²) in [6.07, 6.45) is 3.68. The summed E-state index contributed by atoms with van der Waals surface area (Å²) >= 11 is 0. The van der Waals surface area contributed by atoms with Crippen LogP contribution in [0.4, 0.5) is 0 Å². The van der Waals surface area contributed by atoms with Crippen LogP contribution in [0.3, 0.4) is 0 Å². The van der Waals surface area contributed by atoms with Crippen molar-refractivity contribution in [1.82, 2.24) is 4.90 Å². The van der Waals surface area contributed by atoms with Crippen LogP contribution in [-0.4, -0.2) is 30.3 Å². The fraction of sp³-hybridized carbons (Fsp3) is 0.611. The number of hydrogen-bond donors (Lipinski definition) is 0. The Hall–Kier alpha value is -1.15. The van der Waals surface area contributed by atoms with Crippen molar-refractivity contribution < 1.29 is 4.79 Å². The molecule has 0 aromatic heterocycles. The van der Waals surface area contributed by atoms with Crippen molar-refractivity contribution in [2.24, 2.45) is 5.41 Å². The van der Waals surface area contributed by atoms with Crippen LogP contribution in [0.1, 0.15) is 54.6 Å². The summed E-state index contributed by atoms with van der Waals surface area (Å²) in [5.74, 6) is 0.269. The van der Waals surface area contributed by atoms with Crippen LogP contribution < -0.4 is 0 Å². The Labute approximate surface area is 123 Å². The van der Waals surface area contributed by atoms with Crippen LogP contribution in [0, 0.1) is 19.3 Å². The number of carbonyl (C=O) groups is 1. The van der Waals surface area contributed by atoms with E-state index in [0.29, 0.717) is 12.0 Å². The Morgan fingerprint density at radius 3 is 2.50 bits per heavy atom. The summed E-state index contributed by atoms with van der Waals surface area (Å²) in [4.78, 5) is 14.8. The predicted octanol–water partition coefficient (Wildman–Crippen LogP) is 4.00. The lowest BCUT2D eigenvalue weighted by Crippen LogP contribution is -2.31. The average Bonchev–Trinajstić information content (AvgIpc) is 2.82. The van der Waals surface area contributed by atoms with E-state index in [4.69, 9.17) is 0 Å². The molecule has 20 heavy (non-hydrogen) atoms. The molecule has 1 aromatic carbocycles. The fourth-order valence-corrected chi connectivity index (χ4v) is 3.40. The molecule has 0 radical (unpaired) electrons. The highest BCUT2D eigenvalue weighted by atomic mass is 16.1. The Morgan fingerprint density at radius 2 is 1.95 bits per heavy atom. The molecule has 1 aliphatic heterocycles. The molecule has 2 rings (SSSR count). The second-order valence-corrected chi connectivity index (χ2v) is 6.41. The Balaban J connectivity index is 2.02. The van der Waals surface area contributed by atoms with E-state index in [1.807, 2.05) is 19.1 Å². The van der Waals surface area contributed by atoms with Gasteiger partial charge in [-0.05, 0) is 50.6 Å². The van der Waals surface area contributed by atoms with Gasteiger partial charge in [0.25, 0.3) is 0 Å². The van der Waals surface area contributed by atoms with Gasteiger partial charge in [0.1, 0.15) is 0 Å². The first-order valence-corrected chi connectivity index (χ1v) is 7.82. The van der Waals surface area contributed by atoms with Crippen molar-refractivity contribution in [3.8, 4) is 0 Å². The number of benzene rings is 1. The molecule has 0 unspecified atom stereocenters. The van der Waals surface area contributed by atoms with Gasteiger partial charge in [-0.15, -0.1) is 0 Å². The Kier molecular flexibility index (Phi) is 4.64. The maximum atomic E-state index is 12.5. The molecule has 0 aliphatic carbocycles. The smallest absolute Gasteiger partial charge is 0.177 e. The summed E-state index contributed by atoms with van der Waals surface area (Å²) < 4.78 is 0. The second kappa shape index (κ2) is 6.09. The van der Waals surface area contributed by atoms with Crippen LogP contribution in [0.2, 0.25) is 0 Å². The molecule has 110 valence electrons. The normalized spacial score (nSPS) is 18.4. The van der Waals surface area contributed by atoms with Gasteiger partial charge in [-0.2, -0.15) is 0 Å². The standard InChI is InChI=1S/C18H27NO/c1-5-18(6-2)9-10-19(13-18)12-17(20)16-8-7-14(3)11-15(16)4/h7-8,11H,5-6,9-10,12-13H2,1-4H3. The maximum Gasteiger partial charge on any atom is 0.177 e. The molecule has 0 atom stereocenters. The minimum atomic E-state index is 0.269. The van der Waals surface area contributed by atoms with Crippen molar-refractivity contribution in [2.75, 3.05) is 19.6 Å². The number of nitrogens with zero attached hydrogens (tertiary/aromatic N) is 1. The average molecular weight is 273 g/mol. The van der Waals surface area contributed by atoms with Gasteiger partial charge in [-0.25, -0.2) is 0 Å². The highest BCUT2D eigenvalue weighted by Crippen LogP contribution is 2.36. The fourth-order valence-electron chi connectivity index (χ4n) is 3.40. The first-order chi connectivity index (χ1) is 9.49. The molecule has 0 saturated carbocycles. The van der Waals surface area contributed by atoms with Gasteiger partial charge < -0.3 is 0 Å². The van der Waals surface area contributed by atoms with Gasteiger partial charge >= 0.3 is 0 Å². The van der Waals surface area contributed by atoms with E-state index < -0.39 is 0 Å². The summed E-state index contributed by atoms with van der Waals surface area (Å²) in [7, 11) is 0. The molecule has 1 heterocycles. The van der Waals surface area contributed by atoms with Crippen LogP contribution >= 0.6 is 0 Å². The number of carbonyl (C=O) groups excluding carboxylic acids is 1. The van der Waals surface area contributed by atoms with Gasteiger partial charge in [-0.3, -0.25) is 9.69 Å². The zero-order valence-electron chi connectivity index (χ0n) is 13.3. The first kappa shape index (κ1) is 15.2. The van der Waals surface area contributed by atoms with Crippen LogP contribution in [0.5, 0.6) is 0 Å². The highest BCUT2D eigenvalue weighted by molar-refractivity contribution is 5.99. The van der Waals surface area contributed by atoms with E-state index in [1.165, 1.54) is 24.8 Å². The zero-order valence-corrected chi connectivity index (χ0v) is 13.3. The molecular weight excluding hydrogens is 246 g/mol. The molecular formula is C18H27NO.